The molecule has 0 amide bonds. The summed E-state index contributed by atoms with van der Waals surface area (Å²) >= 11 is 3.25. The molecule has 1 aliphatic rings. The topological polar surface area (TPSA) is 81.4 Å². The van der Waals surface area contributed by atoms with Gasteiger partial charge in [0.1, 0.15) is 4.90 Å². The van der Waals surface area contributed by atoms with E-state index in [1.165, 1.54) is 6.07 Å². The maximum Gasteiger partial charge on any atom is 0.242 e. The summed E-state index contributed by atoms with van der Waals surface area (Å²) in [5.74, 6) is 0. The van der Waals surface area contributed by atoms with E-state index in [2.05, 4.69) is 20.7 Å². The number of ether oxygens (including phenoxy) is 1. The van der Waals surface area contributed by atoms with Crippen LogP contribution in [0.2, 0.25) is 0 Å². The van der Waals surface area contributed by atoms with Crippen LogP contribution in [0.15, 0.2) is 27.6 Å². The summed E-state index contributed by atoms with van der Waals surface area (Å²) in [7, 11) is -2.02. The minimum absolute atomic E-state index is 0.0665. The number of hydrogen-bond donors (Lipinski definition) is 2. The van der Waals surface area contributed by atoms with Crippen molar-refractivity contribution < 1.29 is 13.2 Å². The number of nitrogens with two attached hydrogens (primary N) is 1. The second kappa shape index (κ2) is 5.78. The van der Waals surface area contributed by atoms with Crippen LogP contribution in [-0.2, 0) is 14.8 Å². The van der Waals surface area contributed by atoms with E-state index in [0.29, 0.717) is 4.47 Å². The highest BCUT2D eigenvalue weighted by atomic mass is 79.9. The van der Waals surface area contributed by atoms with Gasteiger partial charge in [0.25, 0.3) is 0 Å². The molecule has 1 aliphatic carbocycles. The van der Waals surface area contributed by atoms with Gasteiger partial charge in [-0.1, -0.05) is 15.9 Å². The molecule has 1 aromatic carbocycles. The number of halogens is 1. The van der Waals surface area contributed by atoms with Crippen molar-refractivity contribution in [2.24, 2.45) is 0 Å². The Balaban J connectivity index is 2.25. The van der Waals surface area contributed by atoms with E-state index >= 15 is 0 Å². The van der Waals surface area contributed by atoms with E-state index in [0.717, 1.165) is 19.3 Å². The van der Waals surface area contributed by atoms with Gasteiger partial charge in [-0.3, -0.25) is 0 Å². The molecule has 0 bridgehead atoms. The summed E-state index contributed by atoms with van der Waals surface area (Å²) in [4.78, 5) is 0.101. The van der Waals surface area contributed by atoms with E-state index < -0.39 is 10.0 Å². The molecule has 5 nitrogen and oxygen atoms in total. The summed E-state index contributed by atoms with van der Waals surface area (Å²) < 4.78 is 33.4. The average molecular weight is 349 g/mol. The van der Waals surface area contributed by atoms with Gasteiger partial charge < -0.3 is 10.5 Å². The standard InChI is InChI=1S/C12H17BrN2O3S/c1-18-11-4-2-3-10(11)15-19(16,17)12-7-8(13)5-6-9(12)14/h5-7,10-11,15H,2-4,14H2,1H3. The molecule has 0 spiro atoms. The lowest BCUT2D eigenvalue weighted by Crippen LogP contribution is -2.40. The molecule has 0 heterocycles. The van der Waals surface area contributed by atoms with E-state index in [9.17, 15) is 8.42 Å². The molecule has 7 heteroatoms. The summed E-state index contributed by atoms with van der Waals surface area (Å²) in [6.45, 7) is 0. The quantitative estimate of drug-likeness (QED) is 0.814. The Morgan fingerprint density at radius 1 is 1.42 bits per heavy atom. The van der Waals surface area contributed by atoms with Crippen LogP contribution in [0.4, 0.5) is 5.69 Å². The number of rotatable bonds is 4. The predicted molar refractivity (Wildman–Crippen MR) is 77.3 cm³/mol. The second-order valence-electron chi connectivity index (χ2n) is 4.61. The average Bonchev–Trinajstić information content (AvgIpc) is 2.78. The Labute approximate surface area is 121 Å². The fraction of sp³-hybridized carbons (Fsp3) is 0.500. The van der Waals surface area contributed by atoms with Gasteiger partial charge in [-0.25, -0.2) is 13.1 Å². The van der Waals surface area contributed by atoms with Gasteiger partial charge in [-0.2, -0.15) is 0 Å². The van der Waals surface area contributed by atoms with Gasteiger partial charge in [0.15, 0.2) is 0 Å². The number of nitrogens with one attached hydrogen (secondary N) is 1. The first-order valence-corrected chi connectivity index (χ1v) is 8.32. The van der Waals surface area contributed by atoms with E-state index in [1.807, 2.05) is 0 Å². The highest BCUT2D eigenvalue weighted by molar-refractivity contribution is 9.10. The first-order valence-electron chi connectivity index (χ1n) is 6.04. The molecule has 1 aromatic rings. The van der Waals surface area contributed by atoms with Crippen molar-refractivity contribution in [3.8, 4) is 0 Å². The molecule has 2 rings (SSSR count). The van der Waals surface area contributed by atoms with Crippen LogP contribution in [0, 0.1) is 0 Å². The third kappa shape index (κ3) is 3.28. The summed E-state index contributed by atoms with van der Waals surface area (Å²) in [6.07, 6.45) is 2.55. The number of anilines is 1. The van der Waals surface area contributed by atoms with E-state index in [1.54, 1.807) is 19.2 Å². The lowest BCUT2D eigenvalue weighted by molar-refractivity contribution is 0.0916. The molecule has 1 fully saturated rings. The molecule has 19 heavy (non-hydrogen) atoms. The van der Waals surface area contributed by atoms with Gasteiger partial charge >= 0.3 is 0 Å². The van der Waals surface area contributed by atoms with Crippen molar-refractivity contribution in [2.75, 3.05) is 12.8 Å². The largest absolute Gasteiger partial charge is 0.398 e. The first-order chi connectivity index (χ1) is 8.94. The highest BCUT2D eigenvalue weighted by Crippen LogP contribution is 2.26. The summed E-state index contributed by atoms with van der Waals surface area (Å²) in [6, 6.07) is 4.60. The number of sulfonamides is 1. The summed E-state index contributed by atoms with van der Waals surface area (Å²) in [5.41, 5.74) is 5.98. The Morgan fingerprint density at radius 3 is 2.84 bits per heavy atom. The Bertz CT molecular complexity index is 562. The molecular formula is C12H17BrN2O3S. The smallest absolute Gasteiger partial charge is 0.242 e. The number of nitrogen functional groups attached to an aromatic ring is 1. The maximum atomic E-state index is 12.4. The summed E-state index contributed by atoms with van der Waals surface area (Å²) in [5, 5.41) is 0. The number of methoxy groups -OCH3 is 1. The molecule has 106 valence electrons. The van der Waals surface area contributed by atoms with Crippen LogP contribution in [0.3, 0.4) is 0 Å². The van der Waals surface area contributed by atoms with Gasteiger partial charge in [0.05, 0.1) is 11.8 Å². The van der Waals surface area contributed by atoms with Crippen LogP contribution in [0.5, 0.6) is 0 Å². The number of benzene rings is 1. The molecule has 0 aromatic heterocycles. The van der Waals surface area contributed by atoms with Crippen LogP contribution in [0.1, 0.15) is 19.3 Å². The Kier molecular flexibility index (Phi) is 4.50. The van der Waals surface area contributed by atoms with Crippen LogP contribution in [0.25, 0.3) is 0 Å². The fourth-order valence-corrected chi connectivity index (χ4v) is 4.31. The lowest BCUT2D eigenvalue weighted by atomic mass is 10.2. The third-order valence-electron chi connectivity index (χ3n) is 3.33. The van der Waals surface area contributed by atoms with Crippen LogP contribution < -0.4 is 10.5 Å². The lowest BCUT2D eigenvalue weighted by Gasteiger charge is -2.20. The zero-order chi connectivity index (χ0) is 14.0. The molecule has 0 radical (unpaired) electrons. The van der Waals surface area contributed by atoms with Crippen LogP contribution >= 0.6 is 15.9 Å². The van der Waals surface area contributed by atoms with Crippen molar-refractivity contribution in [3.63, 3.8) is 0 Å². The van der Waals surface area contributed by atoms with Crippen molar-refractivity contribution in [3.05, 3.63) is 22.7 Å². The minimum atomic E-state index is -3.62. The van der Waals surface area contributed by atoms with E-state index in [-0.39, 0.29) is 22.7 Å². The molecular weight excluding hydrogens is 332 g/mol. The molecule has 1 saturated carbocycles. The maximum absolute atomic E-state index is 12.4. The van der Waals surface area contributed by atoms with Crippen molar-refractivity contribution >= 4 is 31.6 Å². The Hall–Kier alpha value is -0.630. The first kappa shape index (κ1) is 14.8. The molecule has 0 saturated heterocycles. The van der Waals surface area contributed by atoms with Crippen molar-refractivity contribution in [1.82, 2.24) is 4.72 Å². The minimum Gasteiger partial charge on any atom is -0.398 e. The molecule has 2 unspecified atom stereocenters. The fourth-order valence-electron chi connectivity index (χ4n) is 2.35. The zero-order valence-electron chi connectivity index (χ0n) is 10.6. The highest BCUT2D eigenvalue weighted by Gasteiger charge is 2.32. The van der Waals surface area contributed by atoms with Crippen LogP contribution in [-0.4, -0.2) is 27.7 Å². The van der Waals surface area contributed by atoms with Gasteiger partial charge in [0, 0.05) is 17.6 Å². The van der Waals surface area contributed by atoms with Gasteiger partial charge in [-0.05, 0) is 37.5 Å². The SMILES string of the molecule is COC1CCCC1NS(=O)(=O)c1cc(Br)ccc1N. The van der Waals surface area contributed by atoms with E-state index in [4.69, 9.17) is 10.5 Å². The molecule has 0 aliphatic heterocycles. The second-order valence-corrected chi connectivity index (χ2v) is 7.21. The molecule has 3 N–H and O–H groups in total. The van der Waals surface area contributed by atoms with Gasteiger partial charge in [-0.15, -0.1) is 0 Å². The van der Waals surface area contributed by atoms with Crippen molar-refractivity contribution in [1.29, 1.82) is 0 Å². The Morgan fingerprint density at radius 2 is 2.16 bits per heavy atom. The van der Waals surface area contributed by atoms with Gasteiger partial charge in [0.2, 0.25) is 10.0 Å². The number of hydrogen-bond acceptors (Lipinski definition) is 4. The monoisotopic (exact) mass is 348 g/mol. The third-order valence-corrected chi connectivity index (χ3v) is 5.37. The molecule has 2 atom stereocenters. The zero-order valence-corrected chi connectivity index (χ0v) is 13.0. The predicted octanol–water partition coefficient (Wildman–Crippen LogP) is 1.88. The normalized spacial score (nSPS) is 23.7. The van der Waals surface area contributed by atoms with Crippen molar-refractivity contribution in [2.45, 2.75) is 36.3 Å².